The van der Waals surface area contributed by atoms with Crippen molar-refractivity contribution in [3.63, 3.8) is 0 Å². The molecule has 0 spiro atoms. The molecule has 2 aliphatic heterocycles. The Morgan fingerprint density at radius 3 is 2.58 bits per heavy atom. The number of hydrogen-bond donors (Lipinski definition) is 1. The highest BCUT2D eigenvalue weighted by Gasteiger charge is 2.19. The van der Waals surface area contributed by atoms with Gasteiger partial charge in [-0.15, -0.1) is 0 Å². The lowest BCUT2D eigenvalue weighted by molar-refractivity contribution is 0.174. The molecule has 2 aromatic carbocycles. The van der Waals surface area contributed by atoms with E-state index in [-0.39, 0.29) is 0 Å². The monoisotopic (exact) mass is 354 g/mol. The van der Waals surface area contributed by atoms with Crippen molar-refractivity contribution in [3.8, 4) is 17.2 Å². The molecule has 0 saturated carbocycles. The molecule has 138 valence electrons. The van der Waals surface area contributed by atoms with Crippen LogP contribution in [-0.4, -0.2) is 39.6 Å². The van der Waals surface area contributed by atoms with Crippen molar-refractivity contribution in [2.75, 3.05) is 38.4 Å². The normalized spacial score (nSPS) is 16.7. The largest absolute Gasteiger partial charge is 0.497 e. The lowest BCUT2D eigenvalue weighted by Gasteiger charge is -2.34. The zero-order chi connectivity index (χ0) is 17.8. The molecular formula is C21H26N2O3. The van der Waals surface area contributed by atoms with Crippen LogP contribution in [0.1, 0.15) is 18.4 Å². The van der Waals surface area contributed by atoms with Gasteiger partial charge in [0, 0.05) is 24.8 Å². The molecule has 4 rings (SSSR count). The van der Waals surface area contributed by atoms with Gasteiger partial charge < -0.3 is 24.4 Å². The van der Waals surface area contributed by atoms with Crippen LogP contribution >= 0.6 is 0 Å². The topological polar surface area (TPSA) is 43.0 Å². The molecule has 2 heterocycles. The molecule has 2 aromatic rings. The molecule has 0 aromatic heterocycles. The summed E-state index contributed by atoms with van der Waals surface area (Å²) in [4.78, 5) is 2.45. The van der Waals surface area contributed by atoms with Crippen LogP contribution in [0.3, 0.4) is 0 Å². The van der Waals surface area contributed by atoms with Crippen molar-refractivity contribution in [2.45, 2.75) is 25.3 Å². The van der Waals surface area contributed by atoms with Gasteiger partial charge in [-0.25, -0.2) is 0 Å². The van der Waals surface area contributed by atoms with E-state index in [1.165, 1.54) is 24.1 Å². The van der Waals surface area contributed by atoms with Crippen LogP contribution in [0.4, 0.5) is 5.69 Å². The molecule has 26 heavy (non-hydrogen) atoms. The predicted octanol–water partition coefficient (Wildman–Crippen LogP) is 3.23. The van der Waals surface area contributed by atoms with Crippen molar-refractivity contribution in [1.29, 1.82) is 0 Å². The Kier molecular flexibility index (Phi) is 5.16. The van der Waals surface area contributed by atoms with E-state index < -0.39 is 0 Å². The third kappa shape index (κ3) is 3.88. The van der Waals surface area contributed by atoms with Crippen LogP contribution in [0.25, 0.3) is 0 Å². The van der Waals surface area contributed by atoms with Gasteiger partial charge in [0.2, 0.25) is 6.79 Å². The number of piperidine rings is 1. The van der Waals surface area contributed by atoms with Gasteiger partial charge in [-0.2, -0.15) is 0 Å². The molecule has 1 fully saturated rings. The van der Waals surface area contributed by atoms with Crippen LogP contribution in [-0.2, 0) is 6.42 Å². The highest BCUT2D eigenvalue weighted by atomic mass is 16.7. The number of nitrogens with one attached hydrogen (secondary N) is 1. The van der Waals surface area contributed by atoms with Gasteiger partial charge >= 0.3 is 0 Å². The van der Waals surface area contributed by atoms with Crippen LogP contribution in [0, 0.1) is 0 Å². The summed E-state index contributed by atoms with van der Waals surface area (Å²) < 4.78 is 16.0. The summed E-state index contributed by atoms with van der Waals surface area (Å²) in [6.07, 6.45) is 3.36. The molecule has 5 heteroatoms. The van der Waals surface area contributed by atoms with E-state index in [0.717, 1.165) is 43.3 Å². The van der Waals surface area contributed by atoms with Gasteiger partial charge in [-0.05, 0) is 67.8 Å². The van der Waals surface area contributed by atoms with Gasteiger partial charge in [-0.1, -0.05) is 6.07 Å². The Morgan fingerprint density at radius 2 is 1.81 bits per heavy atom. The lowest BCUT2D eigenvalue weighted by atomic mass is 10.0. The number of fused-ring (bicyclic) bond motifs is 1. The molecule has 0 unspecified atom stereocenters. The fourth-order valence-electron chi connectivity index (χ4n) is 3.65. The van der Waals surface area contributed by atoms with Crippen molar-refractivity contribution in [3.05, 3.63) is 48.0 Å². The fraction of sp³-hybridized carbons (Fsp3) is 0.429. The minimum absolute atomic E-state index is 0.337. The molecule has 2 aliphatic rings. The van der Waals surface area contributed by atoms with Gasteiger partial charge in [-0.3, -0.25) is 0 Å². The summed E-state index contributed by atoms with van der Waals surface area (Å²) >= 11 is 0. The Labute approximate surface area is 154 Å². The number of anilines is 1. The Morgan fingerprint density at radius 1 is 1.04 bits per heavy atom. The second-order valence-corrected chi connectivity index (χ2v) is 6.85. The van der Waals surface area contributed by atoms with Gasteiger partial charge in [0.25, 0.3) is 0 Å². The maximum atomic E-state index is 5.45. The van der Waals surface area contributed by atoms with Crippen LogP contribution in [0.2, 0.25) is 0 Å². The SMILES string of the molecule is COc1ccc(N2CCC(NCCc3ccc4c(c3)OCO4)CC2)cc1. The molecule has 0 radical (unpaired) electrons. The van der Waals surface area contributed by atoms with Gasteiger partial charge in [0.15, 0.2) is 11.5 Å². The summed E-state index contributed by atoms with van der Waals surface area (Å²) in [5, 5.41) is 3.71. The Hall–Kier alpha value is -2.40. The Balaban J connectivity index is 1.21. The average molecular weight is 354 g/mol. The summed E-state index contributed by atoms with van der Waals surface area (Å²) in [6.45, 7) is 3.51. The van der Waals surface area contributed by atoms with Crippen LogP contribution in [0.5, 0.6) is 17.2 Å². The minimum Gasteiger partial charge on any atom is -0.497 e. The first-order chi connectivity index (χ1) is 12.8. The summed E-state index contributed by atoms with van der Waals surface area (Å²) in [5.74, 6) is 2.64. The number of nitrogens with zero attached hydrogens (tertiary/aromatic N) is 1. The maximum absolute atomic E-state index is 5.45. The molecule has 0 atom stereocenters. The first-order valence-corrected chi connectivity index (χ1v) is 9.33. The second-order valence-electron chi connectivity index (χ2n) is 6.85. The number of benzene rings is 2. The smallest absolute Gasteiger partial charge is 0.231 e. The number of ether oxygens (including phenoxy) is 3. The molecular weight excluding hydrogens is 328 g/mol. The maximum Gasteiger partial charge on any atom is 0.231 e. The van der Waals surface area contributed by atoms with Gasteiger partial charge in [0.05, 0.1) is 7.11 Å². The van der Waals surface area contributed by atoms with E-state index in [2.05, 4.69) is 34.5 Å². The second kappa shape index (κ2) is 7.87. The summed E-state index contributed by atoms with van der Waals surface area (Å²) in [5.41, 5.74) is 2.57. The van der Waals surface area contributed by atoms with E-state index in [4.69, 9.17) is 14.2 Å². The zero-order valence-electron chi connectivity index (χ0n) is 15.2. The van der Waals surface area contributed by atoms with Crippen molar-refractivity contribution in [1.82, 2.24) is 5.32 Å². The Bertz CT molecular complexity index is 725. The highest BCUT2D eigenvalue weighted by Crippen LogP contribution is 2.32. The van der Waals surface area contributed by atoms with Crippen molar-refractivity contribution < 1.29 is 14.2 Å². The van der Waals surface area contributed by atoms with E-state index in [0.29, 0.717) is 12.8 Å². The zero-order valence-corrected chi connectivity index (χ0v) is 15.2. The predicted molar refractivity (Wildman–Crippen MR) is 103 cm³/mol. The van der Waals surface area contributed by atoms with Crippen LogP contribution in [0.15, 0.2) is 42.5 Å². The van der Waals surface area contributed by atoms with Crippen molar-refractivity contribution in [2.24, 2.45) is 0 Å². The molecule has 1 N–H and O–H groups in total. The molecule has 0 amide bonds. The van der Waals surface area contributed by atoms with Crippen LogP contribution < -0.4 is 24.4 Å². The van der Waals surface area contributed by atoms with E-state index in [1.54, 1.807) is 7.11 Å². The average Bonchev–Trinajstić information content (AvgIpc) is 3.16. The first kappa shape index (κ1) is 17.0. The quantitative estimate of drug-likeness (QED) is 0.863. The molecule has 1 saturated heterocycles. The van der Waals surface area contributed by atoms with E-state index >= 15 is 0 Å². The molecule has 0 aliphatic carbocycles. The molecule has 0 bridgehead atoms. The number of methoxy groups -OCH3 is 1. The first-order valence-electron chi connectivity index (χ1n) is 9.33. The third-order valence-corrected chi connectivity index (χ3v) is 5.22. The van der Waals surface area contributed by atoms with Crippen molar-refractivity contribution >= 4 is 5.69 Å². The third-order valence-electron chi connectivity index (χ3n) is 5.22. The fourth-order valence-corrected chi connectivity index (χ4v) is 3.65. The lowest BCUT2D eigenvalue weighted by Crippen LogP contribution is -2.43. The van der Waals surface area contributed by atoms with Gasteiger partial charge in [0.1, 0.15) is 5.75 Å². The summed E-state index contributed by atoms with van der Waals surface area (Å²) in [6, 6.07) is 15.2. The summed E-state index contributed by atoms with van der Waals surface area (Å²) in [7, 11) is 1.70. The molecule has 5 nitrogen and oxygen atoms in total. The van der Waals surface area contributed by atoms with E-state index in [1.807, 2.05) is 18.2 Å². The standard InChI is InChI=1S/C21H26N2O3/c1-24-19-5-3-18(4-6-19)23-12-9-17(10-13-23)22-11-8-16-2-7-20-21(14-16)26-15-25-20/h2-7,14,17,22H,8-13,15H2,1H3. The highest BCUT2D eigenvalue weighted by molar-refractivity contribution is 5.49. The minimum atomic E-state index is 0.337. The number of rotatable bonds is 6. The van der Waals surface area contributed by atoms with E-state index in [9.17, 15) is 0 Å². The number of hydrogen-bond acceptors (Lipinski definition) is 5.